The standard InChI is InChI=1S/C18H18F3N3O3S/c1-24(2)13-7-3-11(4-8-13)15-16(27-17(23-15)18(19,20)21)12-5-9-14(10-6-12)28(22,25)26/h3-10,17,23H,1-2H3,(H2,22,25,26). The number of sulfonamides is 1. The average Bonchev–Trinajstić information content (AvgIpc) is 3.07. The summed E-state index contributed by atoms with van der Waals surface area (Å²) in [4.78, 5) is 1.72. The van der Waals surface area contributed by atoms with E-state index in [0.29, 0.717) is 11.1 Å². The fourth-order valence-corrected chi connectivity index (χ4v) is 3.22. The minimum absolute atomic E-state index is 0.0269. The number of benzene rings is 2. The van der Waals surface area contributed by atoms with E-state index < -0.39 is 22.4 Å². The van der Waals surface area contributed by atoms with Crippen molar-refractivity contribution in [3.05, 3.63) is 59.7 Å². The summed E-state index contributed by atoms with van der Waals surface area (Å²) in [6.45, 7) is 0. The van der Waals surface area contributed by atoms with E-state index >= 15 is 0 Å². The fraction of sp³-hybridized carbons (Fsp3) is 0.222. The molecule has 3 rings (SSSR count). The topological polar surface area (TPSA) is 84.7 Å². The van der Waals surface area contributed by atoms with E-state index in [2.05, 4.69) is 5.32 Å². The molecule has 28 heavy (non-hydrogen) atoms. The van der Waals surface area contributed by atoms with Crippen LogP contribution in [0.2, 0.25) is 0 Å². The first-order valence-electron chi connectivity index (χ1n) is 8.12. The summed E-state index contributed by atoms with van der Waals surface area (Å²) < 4.78 is 67.6. The number of alkyl halides is 3. The molecule has 0 saturated heterocycles. The van der Waals surface area contributed by atoms with Crippen molar-refractivity contribution >= 4 is 27.2 Å². The number of primary sulfonamides is 1. The van der Waals surface area contributed by atoms with Gasteiger partial charge in [-0.1, -0.05) is 12.1 Å². The Labute approximate surface area is 160 Å². The molecule has 0 fully saturated rings. The number of hydrogen-bond donors (Lipinski definition) is 2. The Hall–Kier alpha value is -2.72. The van der Waals surface area contributed by atoms with Gasteiger partial charge in [-0.15, -0.1) is 0 Å². The zero-order chi connectivity index (χ0) is 20.7. The summed E-state index contributed by atoms with van der Waals surface area (Å²) >= 11 is 0. The molecule has 10 heteroatoms. The minimum Gasteiger partial charge on any atom is -0.458 e. The molecule has 0 aromatic heterocycles. The molecular weight excluding hydrogens is 395 g/mol. The second-order valence-electron chi connectivity index (χ2n) is 6.40. The molecule has 0 aliphatic carbocycles. The molecule has 1 atom stereocenters. The van der Waals surface area contributed by atoms with Gasteiger partial charge in [-0.2, -0.15) is 13.2 Å². The lowest BCUT2D eigenvalue weighted by atomic mass is 10.1. The van der Waals surface area contributed by atoms with Crippen LogP contribution in [0.4, 0.5) is 18.9 Å². The lowest BCUT2D eigenvalue weighted by Crippen LogP contribution is -2.38. The Morgan fingerprint density at radius 2 is 1.54 bits per heavy atom. The first kappa shape index (κ1) is 20.0. The van der Waals surface area contributed by atoms with Crippen LogP contribution in [-0.4, -0.2) is 34.9 Å². The van der Waals surface area contributed by atoms with Crippen LogP contribution in [0.3, 0.4) is 0 Å². The number of nitrogens with two attached hydrogens (primary N) is 1. The van der Waals surface area contributed by atoms with Crippen molar-refractivity contribution in [2.24, 2.45) is 5.14 Å². The molecule has 0 saturated carbocycles. The number of nitrogens with one attached hydrogen (secondary N) is 1. The van der Waals surface area contributed by atoms with Gasteiger partial charge in [0.1, 0.15) is 0 Å². The van der Waals surface area contributed by atoms with Gasteiger partial charge in [0, 0.05) is 30.9 Å². The number of ether oxygens (including phenoxy) is 1. The highest BCUT2D eigenvalue weighted by atomic mass is 32.2. The van der Waals surface area contributed by atoms with Gasteiger partial charge in [0.05, 0.1) is 10.6 Å². The maximum atomic E-state index is 13.2. The van der Waals surface area contributed by atoms with Crippen molar-refractivity contribution in [3.8, 4) is 0 Å². The van der Waals surface area contributed by atoms with E-state index in [0.717, 1.165) is 5.69 Å². The van der Waals surface area contributed by atoms with Crippen LogP contribution in [-0.2, 0) is 14.8 Å². The van der Waals surface area contributed by atoms with E-state index in [1.54, 1.807) is 24.3 Å². The van der Waals surface area contributed by atoms with Crippen LogP contribution in [0.1, 0.15) is 11.1 Å². The van der Waals surface area contributed by atoms with Gasteiger partial charge in [-0.3, -0.25) is 0 Å². The Bertz CT molecular complexity index is 999. The molecule has 1 aliphatic rings. The molecule has 2 aromatic carbocycles. The molecule has 0 radical (unpaired) electrons. The van der Waals surface area contributed by atoms with E-state index in [9.17, 15) is 21.6 Å². The number of rotatable bonds is 4. The van der Waals surface area contributed by atoms with Crippen molar-refractivity contribution in [1.82, 2.24) is 5.32 Å². The van der Waals surface area contributed by atoms with Gasteiger partial charge in [0.25, 0.3) is 6.23 Å². The molecular formula is C18H18F3N3O3S. The molecule has 1 unspecified atom stereocenters. The van der Waals surface area contributed by atoms with Gasteiger partial charge in [0.2, 0.25) is 10.0 Å². The smallest absolute Gasteiger partial charge is 0.445 e. The molecule has 6 nitrogen and oxygen atoms in total. The van der Waals surface area contributed by atoms with E-state index in [-0.39, 0.29) is 16.4 Å². The second-order valence-corrected chi connectivity index (χ2v) is 7.96. The maximum Gasteiger partial charge on any atom is 0.445 e. The van der Waals surface area contributed by atoms with E-state index in [1.165, 1.54) is 24.3 Å². The Morgan fingerprint density at radius 1 is 1.00 bits per heavy atom. The summed E-state index contributed by atoms with van der Waals surface area (Å²) in [6, 6.07) is 12.0. The first-order chi connectivity index (χ1) is 13.0. The van der Waals surface area contributed by atoms with Gasteiger partial charge in [-0.05, 0) is 36.4 Å². The van der Waals surface area contributed by atoms with Crippen LogP contribution >= 0.6 is 0 Å². The van der Waals surface area contributed by atoms with Gasteiger partial charge >= 0.3 is 6.18 Å². The van der Waals surface area contributed by atoms with Crippen LogP contribution in [0, 0.1) is 0 Å². The van der Waals surface area contributed by atoms with Gasteiger partial charge in [-0.25, -0.2) is 13.6 Å². The number of nitrogens with zero attached hydrogens (tertiary/aromatic N) is 1. The van der Waals surface area contributed by atoms with Crippen molar-refractivity contribution in [3.63, 3.8) is 0 Å². The second kappa shape index (κ2) is 7.02. The largest absolute Gasteiger partial charge is 0.458 e. The number of anilines is 1. The van der Waals surface area contributed by atoms with Crippen LogP contribution in [0.15, 0.2) is 53.4 Å². The molecule has 0 amide bonds. The Morgan fingerprint density at radius 3 is 2.00 bits per heavy atom. The molecule has 0 bridgehead atoms. The highest BCUT2D eigenvalue weighted by Gasteiger charge is 2.46. The summed E-state index contributed by atoms with van der Waals surface area (Å²) in [7, 11) is -0.212. The van der Waals surface area contributed by atoms with Crippen molar-refractivity contribution < 1.29 is 26.3 Å². The highest BCUT2D eigenvalue weighted by molar-refractivity contribution is 7.89. The highest BCUT2D eigenvalue weighted by Crippen LogP contribution is 2.37. The molecule has 150 valence electrons. The first-order valence-corrected chi connectivity index (χ1v) is 9.66. The third-order valence-corrected chi connectivity index (χ3v) is 5.08. The SMILES string of the molecule is CN(C)c1ccc(C2=C(c3ccc(S(N)(=O)=O)cc3)OC(C(F)(F)F)N2)cc1. The number of hydrogen-bond acceptors (Lipinski definition) is 5. The average molecular weight is 413 g/mol. The predicted molar refractivity (Wildman–Crippen MR) is 99.5 cm³/mol. The molecule has 1 aliphatic heterocycles. The normalized spacial score (nSPS) is 17.3. The lowest BCUT2D eigenvalue weighted by molar-refractivity contribution is -0.202. The van der Waals surface area contributed by atoms with Crippen molar-refractivity contribution in [1.29, 1.82) is 0 Å². The third-order valence-electron chi connectivity index (χ3n) is 4.15. The fourth-order valence-electron chi connectivity index (χ4n) is 2.70. The summed E-state index contributed by atoms with van der Waals surface area (Å²) in [5, 5.41) is 7.43. The maximum absolute atomic E-state index is 13.2. The minimum atomic E-state index is -4.63. The molecule has 0 spiro atoms. The quantitative estimate of drug-likeness (QED) is 0.805. The van der Waals surface area contributed by atoms with Gasteiger partial charge < -0.3 is 15.0 Å². The van der Waals surface area contributed by atoms with Crippen LogP contribution in [0.25, 0.3) is 11.5 Å². The molecule has 3 N–H and O–H groups in total. The lowest BCUT2D eigenvalue weighted by Gasteiger charge is -2.16. The monoisotopic (exact) mass is 413 g/mol. The number of halogens is 3. The molecule has 2 aromatic rings. The summed E-state index contributed by atoms with van der Waals surface area (Å²) in [5.41, 5.74) is 1.84. The predicted octanol–water partition coefficient (Wildman–Crippen LogP) is 2.73. The van der Waals surface area contributed by atoms with Crippen LogP contribution < -0.4 is 15.4 Å². The van der Waals surface area contributed by atoms with Crippen molar-refractivity contribution in [2.75, 3.05) is 19.0 Å². The third kappa shape index (κ3) is 4.07. The molecule has 1 heterocycles. The summed E-state index contributed by atoms with van der Waals surface area (Å²) in [5.74, 6) is -0.0269. The van der Waals surface area contributed by atoms with Crippen molar-refractivity contribution in [2.45, 2.75) is 17.3 Å². The Kier molecular flexibility index (Phi) is 5.02. The zero-order valence-corrected chi connectivity index (χ0v) is 15.8. The van der Waals surface area contributed by atoms with Crippen LogP contribution in [0.5, 0.6) is 0 Å². The van der Waals surface area contributed by atoms with Gasteiger partial charge in [0.15, 0.2) is 5.76 Å². The Balaban J connectivity index is 2.04. The van der Waals surface area contributed by atoms with E-state index in [4.69, 9.17) is 9.88 Å². The van der Waals surface area contributed by atoms with E-state index in [1.807, 2.05) is 19.0 Å². The summed E-state index contributed by atoms with van der Waals surface area (Å²) in [6.07, 6.45) is -6.83. The zero-order valence-electron chi connectivity index (χ0n) is 15.0.